The van der Waals surface area contributed by atoms with E-state index in [4.69, 9.17) is 0 Å². The lowest BCUT2D eigenvalue weighted by Crippen LogP contribution is -1.87. The summed E-state index contributed by atoms with van der Waals surface area (Å²) in [7, 11) is 1.87. The highest BCUT2D eigenvalue weighted by molar-refractivity contribution is 5.86. The molecule has 0 heterocycles. The van der Waals surface area contributed by atoms with Gasteiger partial charge in [0.2, 0.25) is 0 Å². The molecule has 0 aliphatic rings. The average Bonchev–Trinajstić information content (AvgIpc) is 2.17. The summed E-state index contributed by atoms with van der Waals surface area (Å²) in [5, 5.41) is 5.02. The van der Waals surface area contributed by atoms with Crippen molar-refractivity contribution in [1.29, 1.82) is 0 Å². The summed E-state index contributed by atoms with van der Waals surface area (Å²) in [6, 6.07) is 10.6. The molecule has 0 bridgehead atoms. The topological polar surface area (TPSA) is 12.0 Å². The van der Waals surface area contributed by atoms with Crippen LogP contribution >= 0.6 is 12.4 Å². The van der Waals surface area contributed by atoms with E-state index in [0.717, 1.165) is 16.5 Å². The fraction of sp³-hybridized carbons (Fsp3) is 0.0909. The van der Waals surface area contributed by atoms with Crippen LogP contribution in [0, 0.1) is 5.82 Å². The molecule has 0 atom stereocenters. The van der Waals surface area contributed by atoms with Gasteiger partial charge in [0.05, 0.1) is 0 Å². The number of benzene rings is 2. The first-order valence-corrected chi connectivity index (χ1v) is 4.17. The van der Waals surface area contributed by atoms with Crippen LogP contribution in [0.5, 0.6) is 0 Å². The third-order valence-corrected chi connectivity index (χ3v) is 2.09. The van der Waals surface area contributed by atoms with Crippen LogP contribution < -0.4 is 5.32 Å². The normalized spacial score (nSPS) is 9.57. The van der Waals surface area contributed by atoms with E-state index in [-0.39, 0.29) is 18.2 Å². The monoisotopic (exact) mass is 211 g/mol. The number of rotatable bonds is 1. The summed E-state index contributed by atoms with van der Waals surface area (Å²) in [5.74, 6) is -0.190. The van der Waals surface area contributed by atoms with Gasteiger partial charge < -0.3 is 5.32 Å². The summed E-state index contributed by atoms with van der Waals surface area (Å²) in [6.07, 6.45) is 0. The lowest BCUT2D eigenvalue weighted by molar-refractivity contribution is 0.630. The largest absolute Gasteiger partial charge is 0.388 e. The summed E-state index contributed by atoms with van der Waals surface area (Å²) < 4.78 is 12.8. The highest BCUT2D eigenvalue weighted by atomic mass is 35.5. The summed E-state index contributed by atoms with van der Waals surface area (Å²) in [6.45, 7) is 0. The molecule has 1 N–H and O–H groups in total. The molecule has 0 aliphatic heterocycles. The molecule has 2 aromatic rings. The van der Waals surface area contributed by atoms with Crippen molar-refractivity contribution in [1.82, 2.24) is 0 Å². The third-order valence-electron chi connectivity index (χ3n) is 2.09. The summed E-state index contributed by atoms with van der Waals surface area (Å²) in [4.78, 5) is 0. The quantitative estimate of drug-likeness (QED) is 0.762. The van der Waals surface area contributed by atoms with E-state index in [0.29, 0.717) is 0 Å². The molecule has 0 spiro atoms. The maximum absolute atomic E-state index is 12.8. The van der Waals surface area contributed by atoms with Crippen molar-refractivity contribution < 1.29 is 4.39 Å². The Morgan fingerprint density at radius 1 is 1.00 bits per heavy atom. The molecule has 1 nitrogen and oxygen atoms in total. The van der Waals surface area contributed by atoms with Crippen molar-refractivity contribution in [3.8, 4) is 0 Å². The zero-order valence-corrected chi connectivity index (χ0v) is 8.57. The van der Waals surface area contributed by atoms with Gasteiger partial charge >= 0.3 is 0 Å². The van der Waals surface area contributed by atoms with E-state index in [2.05, 4.69) is 5.32 Å². The number of fused-ring (bicyclic) bond motifs is 1. The maximum Gasteiger partial charge on any atom is 0.123 e. The van der Waals surface area contributed by atoms with E-state index in [1.807, 2.05) is 25.2 Å². The van der Waals surface area contributed by atoms with E-state index in [1.165, 1.54) is 12.1 Å². The van der Waals surface area contributed by atoms with E-state index in [1.54, 1.807) is 6.07 Å². The van der Waals surface area contributed by atoms with E-state index >= 15 is 0 Å². The van der Waals surface area contributed by atoms with Gasteiger partial charge in [-0.3, -0.25) is 0 Å². The van der Waals surface area contributed by atoms with Crippen LogP contribution in [0.3, 0.4) is 0 Å². The molecule has 0 saturated carbocycles. The van der Waals surface area contributed by atoms with E-state index < -0.39 is 0 Å². The number of halogens is 2. The molecule has 2 aromatic carbocycles. The molecule has 74 valence electrons. The number of hydrogen-bond donors (Lipinski definition) is 1. The van der Waals surface area contributed by atoms with Crippen molar-refractivity contribution in [3.05, 3.63) is 42.2 Å². The standard InChI is InChI=1S/C11H10FN.ClH/c1-13-11-5-3-8-6-10(12)4-2-9(8)7-11;/h2-7,13H,1H3;1H. The SMILES string of the molecule is CNc1ccc2cc(F)ccc2c1.Cl. The predicted octanol–water partition coefficient (Wildman–Crippen LogP) is 3.44. The Morgan fingerprint density at radius 3 is 2.36 bits per heavy atom. The molecule has 0 amide bonds. The van der Waals surface area contributed by atoms with Gasteiger partial charge in [-0.2, -0.15) is 0 Å². The van der Waals surface area contributed by atoms with Crippen LogP contribution in [0.25, 0.3) is 10.8 Å². The fourth-order valence-corrected chi connectivity index (χ4v) is 1.37. The molecule has 14 heavy (non-hydrogen) atoms. The molecule has 2 rings (SSSR count). The molecular formula is C11H11ClFN. The molecule has 0 fully saturated rings. The van der Waals surface area contributed by atoms with Crippen LogP contribution in [0.15, 0.2) is 36.4 Å². The van der Waals surface area contributed by atoms with Gasteiger partial charge in [0.25, 0.3) is 0 Å². The Balaban J connectivity index is 0.000000980. The van der Waals surface area contributed by atoms with Crippen molar-refractivity contribution in [2.24, 2.45) is 0 Å². The van der Waals surface area contributed by atoms with Crippen molar-refractivity contribution in [2.45, 2.75) is 0 Å². The van der Waals surface area contributed by atoms with Gasteiger partial charge in [0.15, 0.2) is 0 Å². The molecular weight excluding hydrogens is 201 g/mol. The Hall–Kier alpha value is -1.28. The second-order valence-electron chi connectivity index (χ2n) is 2.96. The van der Waals surface area contributed by atoms with Gasteiger partial charge in [-0.15, -0.1) is 12.4 Å². The Bertz CT molecular complexity index is 442. The van der Waals surface area contributed by atoms with Crippen LogP contribution in [-0.2, 0) is 0 Å². The molecule has 0 radical (unpaired) electrons. The van der Waals surface area contributed by atoms with E-state index in [9.17, 15) is 4.39 Å². The number of hydrogen-bond acceptors (Lipinski definition) is 1. The van der Waals surface area contributed by atoms with Crippen molar-refractivity contribution in [3.63, 3.8) is 0 Å². The number of anilines is 1. The molecule has 0 unspecified atom stereocenters. The maximum atomic E-state index is 12.8. The first-order valence-electron chi connectivity index (χ1n) is 4.17. The molecule has 3 heteroatoms. The van der Waals surface area contributed by atoms with Crippen molar-refractivity contribution >= 4 is 28.9 Å². The minimum atomic E-state index is -0.190. The average molecular weight is 212 g/mol. The summed E-state index contributed by atoms with van der Waals surface area (Å²) >= 11 is 0. The Morgan fingerprint density at radius 2 is 1.64 bits per heavy atom. The zero-order chi connectivity index (χ0) is 9.26. The molecule has 0 aromatic heterocycles. The third kappa shape index (κ3) is 1.96. The summed E-state index contributed by atoms with van der Waals surface area (Å²) in [5.41, 5.74) is 1.04. The Labute approximate surface area is 88.3 Å². The first-order chi connectivity index (χ1) is 6.29. The van der Waals surface area contributed by atoms with Gasteiger partial charge in [-0.25, -0.2) is 4.39 Å². The van der Waals surface area contributed by atoms with Gasteiger partial charge in [-0.05, 0) is 35.0 Å². The van der Waals surface area contributed by atoms with Gasteiger partial charge in [-0.1, -0.05) is 12.1 Å². The fourth-order valence-electron chi connectivity index (χ4n) is 1.37. The van der Waals surface area contributed by atoms with Gasteiger partial charge in [0.1, 0.15) is 5.82 Å². The number of nitrogens with one attached hydrogen (secondary N) is 1. The van der Waals surface area contributed by atoms with Crippen LogP contribution in [0.1, 0.15) is 0 Å². The van der Waals surface area contributed by atoms with Crippen LogP contribution in [0.2, 0.25) is 0 Å². The highest BCUT2D eigenvalue weighted by Gasteiger charge is 1.96. The van der Waals surface area contributed by atoms with Crippen LogP contribution in [0.4, 0.5) is 10.1 Å². The first kappa shape index (κ1) is 10.8. The molecule has 0 saturated heterocycles. The lowest BCUT2D eigenvalue weighted by atomic mass is 10.1. The second-order valence-corrected chi connectivity index (χ2v) is 2.96. The molecule has 0 aliphatic carbocycles. The minimum absolute atomic E-state index is 0. The second kappa shape index (κ2) is 4.29. The minimum Gasteiger partial charge on any atom is -0.388 e. The smallest absolute Gasteiger partial charge is 0.123 e. The Kier molecular flexibility index (Phi) is 3.31. The lowest BCUT2D eigenvalue weighted by Gasteiger charge is -2.02. The van der Waals surface area contributed by atoms with Gasteiger partial charge in [0, 0.05) is 12.7 Å². The predicted molar refractivity (Wildman–Crippen MR) is 60.7 cm³/mol. The zero-order valence-electron chi connectivity index (χ0n) is 7.75. The van der Waals surface area contributed by atoms with Crippen LogP contribution in [-0.4, -0.2) is 7.05 Å². The van der Waals surface area contributed by atoms with Crippen molar-refractivity contribution in [2.75, 3.05) is 12.4 Å². The highest BCUT2D eigenvalue weighted by Crippen LogP contribution is 2.19.